The largest absolute Gasteiger partial charge is 0.460 e. The molecule has 0 aromatic heterocycles. The Balaban J connectivity index is 3.06. The molecule has 0 saturated carbocycles. The van der Waals surface area contributed by atoms with Crippen LogP contribution < -0.4 is 0 Å². The van der Waals surface area contributed by atoms with E-state index >= 15 is 0 Å². The Morgan fingerprint density at radius 3 is 1.85 bits per heavy atom. The third-order valence-corrected chi connectivity index (χ3v) is 2.45. The van der Waals surface area contributed by atoms with Crippen LogP contribution in [0.25, 0.3) is 0 Å². The smallest absolute Gasteiger partial charge is 0.333 e. The number of esters is 1. The van der Waals surface area contributed by atoms with Gasteiger partial charge in [-0.1, -0.05) is 26.3 Å². The van der Waals surface area contributed by atoms with Crippen molar-refractivity contribution in [1.82, 2.24) is 0 Å². The summed E-state index contributed by atoms with van der Waals surface area (Å²) in [6.45, 7) is 10.9. The van der Waals surface area contributed by atoms with Gasteiger partial charge >= 0.3 is 5.97 Å². The van der Waals surface area contributed by atoms with Crippen molar-refractivity contribution in [3.05, 3.63) is 12.2 Å². The Morgan fingerprint density at radius 1 is 0.850 bits per heavy atom. The summed E-state index contributed by atoms with van der Waals surface area (Å²) in [5.74, 6) is -0.384. The molecule has 0 spiro atoms. The van der Waals surface area contributed by atoms with E-state index in [2.05, 4.69) is 13.5 Å². The Kier molecular flexibility index (Phi) is 13.8. The Morgan fingerprint density at radius 2 is 1.35 bits per heavy atom. The van der Waals surface area contributed by atoms with Gasteiger partial charge in [0, 0.05) is 12.2 Å². The van der Waals surface area contributed by atoms with Crippen molar-refractivity contribution in [1.29, 1.82) is 0 Å². The maximum absolute atomic E-state index is 11.0. The van der Waals surface area contributed by atoms with Gasteiger partial charge in [-0.2, -0.15) is 0 Å². The SMILES string of the molecule is C=C(C)C(=O)OCCOCCOCCOCCCCC. The first-order valence-corrected chi connectivity index (χ1v) is 7.24. The highest BCUT2D eigenvalue weighted by Crippen LogP contribution is 1.94. The van der Waals surface area contributed by atoms with Gasteiger partial charge < -0.3 is 18.9 Å². The fourth-order valence-corrected chi connectivity index (χ4v) is 1.31. The molecule has 0 fully saturated rings. The average molecular weight is 288 g/mol. The summed E-state index contributed by atoms with van der Waals surface area (Å²) in [4.78, 5) is 11.0. The molecule has 5 heteroatoms. The summed E-state index contributed by atoms with van der Waals surface area (Å²) in [6, 6.07) is 0. The third-order valence-electron chi connectivity index (χ3n) is 2.45. The molecule has 0 aliphatic heterocycles. The second kappa shape index (κ2) is 14.5. The van der Waals surface area contributed by atoms with Crippen LogP contribution in [0, 0.1) is 0 Å². The predicted molar refractivity (Wildman–Crippen MR) is 77.8 cm³/mol. The highest BCUT2D eigenvalue weighted by molar-refractivity contribution is 5.86. The molecule has 0 saturated heterocycles. The highest BCUT2D eigenvalue weighted by atomic mass is 16.6. The second-order valence-corrected chi connectivity index (χ2v) is 4.46. The van der Waals surface area contributed by atoms with Gasteiger partial charge in [-0.15, -0.1) is 0 Å². The topological polar surface area (TPSA) is 54.0 Å². The second-order valence-electron chi connectivity index (χ2n) is 4.46. The molecule has 0 bridgehead atoms. The van der Waals surface area contributed by atoms with E-state index in [4.69, 9.17) is 18.9 Å². The monoisotopic (exact) mass is 288 g/mol. The van der Waals surface area contributed by atoms with Crippen LogP contribution in [0.15, 0.2) is 12.2 Å². The molecular weight excluding hydrogens is 260 g/mol. The molecule has 0 rings (SSSR count). The molecule has 5 nitrogen and oxygen atoms in total. The van der Waals surface area contributed by atoms with E-state index in [-0.39, 0.29) is 12.6 Å². The van der Waals surface area contributed by atoms with E-state index in [0.29, 0.717) is 38.6 Å². The van der Waals surface area contributed by atoms with E-state index in [1.54, 1.807) is 6.92 Å². The Labute approximate surface area is 122 Å². The Hall–Kier alpha value is -0.910. The fraction of sp³-hybridized carbons (Fsp3) is 0.800. The van der Waals surface area contributed by atoms with Crippen LogP contribution in [-0.4, -0.2) is 52.2 Å². The zero-order chi connectivity index (χ0) is 15.1. The first-order valence-electron chi connectivity index (χ1n) is 7.24. The first-order chi connectivity index (χ1) is 9.68. The molecular formula is C15H28O5. The van der Waals surface area contributed by atoms with E-state index in [0.717, 1.165) is 13.0 Å². The van der Waals surface area contributed by atoms with Gasteiger partial charge in [0.2, 0.25) is 0 Å². The van der Waals surface area contributed by atoms with Gasteiger partial charge in [0.1, 0.15) is 6.61 Å². The van der Waals surface area contributed by atoms with Crippen molar-refractivity contribution in [2.75, 3.05) is 46.2 Å². The maximum atomic E-state index is 11.0. The van der Waals surface area contributed by atoms with Gasteiger partial charge in [0.25, 0.3) is 0 Å². The van der Waals surface area contributed by atoms with Crippen LogP contribution in [-0.2, 0) is 23.7 Å². The van der Waals surface area contributed by atoms with Crippen molar-refractivity contribution in [3.8, 4) is 0 Å². The molecule has 118 valence electrons. The van der Waals surface area contributed by atoms with E-state index in [1.807, 2.05) is 0 Å². The van der Waals surface area contributed by atoms with Crippen LogP contribution in [0.2, 0.25) is 0 Å². The minimum atomic E-state index is -0.384. The molecule has 0 aliphatic carbocycles. The van der Waals surface area contributed by atoms with Crippen LogP contribution in [0.5, 0.6) is 0 Å². The molecule has 0 aromatic carbocycles. The van der Waals surface area contributed by atoms with Crippen molar-refractivity contribution >= 4 is 5.97 Å². The first kappa shape index (κ1) is 19.1. The Bertz CT molecular complexity index is 253. The summed E-state index contributed by atoms with van der Waals surface area (Å²) in [5.41, 5.74) is 0.396. The zero-order valence-corrected chi connectivity index (χ0v) is 12.8. The van der Waals surface area contributed by atoms with Crippen LogP contribution >= 0.6 is 0 Å². The minimum Gasteiger partial charge on any atom is -0.460 e. The van der Waals surface area contributed by atoms with Crippen molar-refractivity contribution in [2.24, 2.45) is 0 Å². The molecule has 0 amide bonds. The minimum absolute atomic E-state index is 0.242. The lowest BCUT2D eigenvalue weighted by Crippen LogP contribution is -2.14. The maximum Gasteiger partial charge on any atom is 0.333 e. The number of unbranched alkanes of at least 4 members (excludes halogenated alkanes) is 2. The molecule has 0 unspecified atom stereocenters. The summed E-state index contributed by atoms with van der Waals surface area (Å²) in [6.07, 6.45) is 3.53. The van der Waals surface area contributed by atoms with Gasteiger partial charge in [0.15, 0.2) is 0 Å². The lowest BCUT2D eigenvalue weighted by molar-refractivity contribution is -0.140. The average Bonchev–Trinajstić information content (AvgIpc) is 2.43. The van der Waals surface area contributed by atoms with Gasteiger partial charge in [-0.05, 0) is 13.3 Å². The summed E-state index contributed by atoms with van der Waals surface area (Å²) >= 11 is 0. The molecule has 0 aromatic rings. The summed E-state index contributed by atoms with van der Waals surface area (Å²) < 4.78 is 20.9. The number of rotatable bonds is 14. The molecule has 20 heavy (non-hydrogen) atoms. The quantitative estimate of drug-likeness (QED) is 0.279. The number of carbonyl (C=O) groups excluding carboxylic acids is 1. The number of hydrogen-bond acceptors (Lipinski definition) is 5. The molecule has 0 heterocycles. The van der Waals surface area contributed by atoms with Gasteiger partial charge in [0.05, 0.1) is 33.0 Å². The van der Waals surface area contributed by atoms with Gasteiger partial charge in [-0.3, -0.25) is 0 Å². The molecule has 0 atom stereocenters. The van der Waals surface area contributed by atoms with E-state index in [1.165, 1.54) is 12.8 Å². The third kappa shape index (κ3) is 13.5. The van der Waals surface area contributed by atoms with Crippen LogP contribution in [0.4, 0.5) is 0 Å². The van der Waals surface area contributed by atoms with Crippen LogP contribution in [0.3, 0.4) is 0 Å². The zero-order valence-electron chi connectivity index (χ0n) is 12.8. The molecule has 0 aliphatic rings. The lowest BCUT2D eigenvalue weighted by atomic mass is 10.3. The predicted octanol–water partition coefficient (Wildman–Crippen LogP) is 2.35. The summed E-state index contributed by atoms with van der Waals surface area (Å²) in [7, 11) is 0. The number of carbonyl (C=O) groups is 1. The number of hydrogen-bond donors (Lipinski definition) is 0. The highest BCUT2D eigenvalue weighted by Gasteiger charge is 2.01. The van der Waals surface area contributed by atoms with Crippen molar-refractivity contribution in [2.45, 2.75) is 33.1 Å². The van der Waals surface area contributed by atoms with Crippen LogP contribution in [0.1, 0.15) is 33.1 Å². The van der Waals surface area contributed by atoms with Gasteiger partial charge in [-0.25, -0.2) is 4.79 Å². The van der Waals surface area contributed by atoms with E-state index in [9.17, 15) is 4.79 Å². The van der Waals surface area contributed by atoms with Crippen molar-refractivity contribution in [3.63, 3.8) is 0 Å². The molecule has 0 N–H and O–H groups in total. The number of ether oxygens (including phenoxy) is 4. The standard InChI is InChI=1S/C15H28O5/c1-4-5-6-7-17-8-9-18-10-11-19-12-13-20-15(16)14(2)3/h2,4-13H2,1,3H3. The lowest BCUT2D eigenvalue weighted by Gasteiger charge is -2.07. The normalized spacial score (nSPS) is 10.5. The fourth-order valence-electron chi connectivity index (χ4n) is 1.31. The molecule has 0 radical (unpaired) electrons. The van der Waals surface area contributed by atoms with Crippen molar-refractivity contribution < 1.29 is 23.7 Å². The van der Waals surface area contributed by atoms with E-state index < -0.39 is 0 Å². The summed E-state index contributed by atoms with van der Waals surface area (Å²) in [5, 5.41) is 0.